The van der Waals surface area contributed by atoms with Gasteiger partial charge in [0.1, 0.15) is 25.0 Å². The van der Waals surface area contributed by atoms with Crippen LogP contribution in [0.5, 0.6) is 11.5 Å². The van der Waals surface area contributed by atoms with Gasteiger partial charge in [0.05, 0.1) is 12.2 Å². The number of β-amino-alcohol motifs (C(OH)–C–C–N with tert-alkyl or cyclic N) is 2. The number of rotatable bonds is 6. The number of nitrogens with zero attached hydrogens (tertiary/aromatic N) is 2. The minimum atomic E-state index is -0.384. The largest absolute Gasteiger partial charge is 0.478 e. The predicted octanol–water partition coefficient (Wildman–Crippen LogP) is 4.88. The minimum absolute atomic E-state index is 0.107. The lowest BCUT2D eigenvalue weighted by atomic mass is 9.55. The van der Waals surface area contributed by atoms with E-state index in [0.717, 1.165) is 37.4 Å². The van der Waals surface area contributed by atoms with Crippen LogP contribution in [0.3, 0.4) is 0 Å². The normalized spacial score (nSPS) is 27.4. The number of hydrogen-bond donors (Lipinski definition) is 2. The first-order chi connectivity index (χ1) is 17.5. The zero-order chi connectivity index (χ0) is 26.4. The van der Waals surface area contributed by atoms with Crippen LogP contribution < -0.4 is 9.47 Å². The molecule has 2 N–H and O–H groups in total. The molecule has 2 aromatic rings. The highest BCUT2D eigenvalue weighted by molar-refractivity contribution is 5.50. The number of aliphatic hydroxyl groups is 2. The van der Waals surface area contributed by atoms with Crippen LogP contribution in [0.1, 0.15) is 76.1 Å². The van der Waals surface area contributed by atoms with Crippen molar-refractivity contribution in [3.63, 3.8) is 0 Å². The molecular formula is C31H44N2O4. The van der Waals surface area contributed by atoms with Gasteiger partial charge in [-0.05, 0) is 79.8 Å². The van der Waals surface area contributed by atoms with Crippen molar-refractivity contribution in [2.24, 2.45) is 11.3 Å². The average molecular weight is 509 g/mol. The van der Waals surface area contributed by atoms with E-state index in [-0.39, 0.29) is 23.0 Å². The van der Waals surface area contributed by atoms with Gasteiger partial charge in [-0.3, -0.25) is 9.80 Å². The molecule has 2 aliphatic heterocycles. The van der Waals surface area contributed by atoms with Crippen molar-refractivity contribution in [2.75, 3.05) is 26.6 Å². The standard InChI is InChI=1S/C31H44N2O4/c1-21-12-30(4,5)18-31(13-21,26-6-8-28-24(10-26)16-32(19-36-28)14-22(2)34)27-7-9-29-25(11-27)17-33(20-37-29)15-23(3)35/h6-11,21-23,34-35H,12-20H2,1-5H3. The molecule has 3 aliphatic rings. The summed E-state index contributed by atoms with van der Waals surface area (Å²) in [6, 6.07) is 13.6. The zero-order valence-electron chi connectivity index (χ0n) is 23.2. The van der Waals surface area contributed by atoms with E-state index in [0.29, 0.717) is 32.5 Å². The number of ether oxygens (including phenoxy) is 2. The smallest absolute Gasteiger partial charge is 0.142 e. The molecule has 0 amide bonds. The molecule has 202 valence electrons. The molecule has 0 aromatic heterocycles. The summed E-state index contributed by atoms with van der Waals surface area (Å²) in [5.74, 6) is 2.51. The Balaban J connectivity index is 1.55. The third kappa shape index (κ3) is 5.68. The maximum atomic E-state index is 9.93. The lowest BCUT2D eigenvalue weighted by Gasteiger charge is -2.49. The first-order valence-corrected chi connectivity index (χ1v) is 13.9. The number of fused-ring (bicyclic) bond motifs is 2. The minimum Gasteiger partial charge on any atom is -0.478 e. The van der Waals surface area contributed by atoms with Gasteiger partial charge in [0.25, 0.3) is 0 Å². The zero-order valence-corrected chi connectivity index (χ0v) is 23.2. The third-order valence-corrected chi connectivity index (χ3v) is 8.24. The second-order valence-corrected chi connectivity index (χ2v) is 12.8. The Labute approximate surface area is 222 Å². The van der Waals surface area contributed by atoms with E-state index in [1.807, 2.05) is 13.8 Å². The fraction of sp³-hybridized carbons (Fsp3) is 0.613. The molecule has 3 unspecified atom stereocenters. The summed E-state index contributed by atoms with van der Waals surface area (Å²) >= 11 is 0. The predicted molar refractivity (Wildman–Crippen MR) is 146 cm³/mol. The van der Waals surface area contributed by atoms with Crippen LogP contribution in [0.25, 0.3) is 0 Å². The molecule has 0 bridgehead atoms. The fourth-order valence-corrected chi connectivity index (χ4v) is 7.34. The Morgan fingerprint density at radius 3 is 1.76 bits per heavy atom. The molecule has 5 rings (SSSR count). The van der Waals surface area contributed by atoms with Gasteiger partial charge in [0.2, 0.25) is 0 Å². The Morgan fingerprint density at radius 2 is 1.32 bits per heavy atom. The highest BCUT2D eigenvalue weighted by atomic mass is 16.5. The molecular weight excluding hydrogens is 464 g/mol. The van der Waals surface area contributed by atoms with Crippen LogP contribution in [0, 0.1) is 11.3 Å². The monoisotopic (exact) mass is 508 g/mol. The number of aliphatic hydroxyl groups excluding tert-OH is 2. The van der Waals surface area contributed by atoms with Crippen molar-refractivity contribution < 1.29 is 19.7 Å². The van der Waals surface area contributed by atoms with Crippen LogP contribution in [0.4, 0.5) is 0 Å². The van der Waals surface area contributed by atoms with Crippen molar-refractivity contribution >= 4 is 0 Å². The van der Waals surface area contributed by atoms with E-state index in [2.05, 4.69) is 67.0 Å². The maximum absolute atomic E-state index is 9.93. The lowest BCUT2D eigenvalue weighted by molar-refractivity contribution is 0.0497. The Kier molecular flexibility index (Phi) is 7.31. The van der Waals surface area contributed by atoms with Crippen LogP contribution in [-0.4, -0.2) is 58.8 Å². The topological polar surface area (TPSA) is 65.4 Å². The molecule has 1 fully saturated rings. The van der Waals surface area contributed by atoms with Crippen molar-refractivity contribution in [1.29, 1.82) is 0 Å². The van der Waals surface area contributed by atoms with E-state index in [1.54, 1.807) is 0 Å². The van der Waals surface area contributed by atoms with Crippen molar-refractivity contribution in [3.05, 3.63) is 58.7 Å². The van der Waals surface area contributed by atoms with Gasteiger partial charge in [-0.15, -0.1) is 0 Å². The fourth-order valence-electron chi connectivity index (χ4n) is 7.34. The summed E-state index contributed by atoms with van der Waals surface area (Å²) in [4.78, 5) is 4.34. The van der Waals surface area contributed by atoms with Gasteiger partial charge >= 0.3 is 0 Å². The van der Waals surface area contributed by atoms with E-state index >= 15 is 0 Å². The van der Waals surface area contributed by atoms with Gasteiger partial charge in [-0.25, -0.2) is 0 Å². The van der Waals surface area contributed by atoms with E-state index in [1.165, 1.54) is 28.7 Å². The van der Waals surface area contributed by atoms with Crippen LogP contribution in [0.2, 0.25) is 0 Å². The molecule has 6 nitrogen and oxygen atoms in total. The third-order valence-electron chi connectivity index (χ3n) is 8.24. The number of hydrogen-bond acceptors (Lipinski definition) is 6. The SMILES string of the molecule is CC(O)CN1COc2ccc(C3(c4ccc5c(c4)CN(CC(C)O)CO5)CC(C)CC(C)(C)C3)cc2C1. The molecule has 0 spiro atoms. The maximum Gasteiger partial charge on any atom is 0.142 e. The van der Waals surface area contributed by atoms with Crippen molar-refractivity contribution in [3.8, 4) is 11.5 Å². The van der Waals surface area contributed by atoms with Crippen LogP contribution in [-0.2, 0) is 18.5 Å². The van der Waals surface area contributed by atoms with E-state index < -0.39 is 0 Å². The molecule has 1 aliphatic carbocycles. The van der Waals surface area contributed by atoms with Crippen LogP contribution in [0.15, 0.2) is 36.4 Å². The van der Waals surface area contributed by atoms with E-state index in [4.69, 9.17) is 9.47 Å². The average Bonchev–Trinajstić information content (AvgIpc) is 2.81. The van der Waals surface area contributed by atoms with Gasteiger partial charge in [0.15, 0.2) is 0 Å². The number of benzene rings is 2. The molecule has 0 radical (unpaired) electrons. The summed E-state index contributed by atoms with van der Waals surface area (Å²) < 4.78 is 12.1. The summed E-state index contributed by atoms with van der Waals surface area (Å²) in [5, 5.41) is 19.9. The van der Waals surface area contributed by atoms with Gasteiger partial charge in [0, 0.05) is 42.7 Å². The Hall–Kier alpha value is -2.12. The van der Waals surface area contributed by atoms with Crippen molar-refractivity contribution in [1.82, 2.24) is 9.80 Å². The summed E-state index contributed by atoms with van der Waals surface area (Å²) in [5.41, 5.74) is 5.21. The van der Waals surface area contributed by atoms with Crippen LogP contribution >= 0.6 is 0 Å². The first-order valence-electron chi connectivity index (χ1n) is 13.9. The van der Waals surface area contributed by atoms with Crippen molar-refractivity contribution in [2.45, 2.75) is 84.6 Å². The van der Waals surface area contributed by atoms with E-state index in [9.17, 15) is 10.2 Å². The molecule has 1 saturated carbocycles. The highest BCUT2D eigenvalue weighted by Crippen LogP contribution is 2.54. The van der Waals surface area contributed by atoms with Gasteiger partial charge < -0.3 is 19.7 Å². The quantitative estimate of drug-likeness (QED) is 0.580. The molecule has 0 saturated heterocycles. The molecule has 2 heterocycles. The first kappa shape index (κ1) is 26.5. The highest BCUT2D eigenvalue weighted by Gasteiger charge is 2.46. The summed E-state index contributed by atoms with van der Waals surface area (Å²) in [6.45, 7) is 14.7. The summed E-state index contributed by atoms with van der Waals surface area (Å²) in [6.07, 6.45) is 2.64. The second-order valence-electron chi connectivity index (χ2n) is 12.8. The summed E-state index contributed by atoms with van der Waals surface area (Å²) in [7, 11) is 0. The van der Waals surface area contributed by atoms with Gasteiger partial charge in [-0.1, -0.05) is 32.9 Å². The van der Waals surface area contributed by atoms with Gasteiger partial charge in [-0.2, -0.15) is 0 Å². The molecule has 6 heteroatoms. The second kappa shape index (κ2) is 10.2. The molecule has 3 atom stereocenters. The molecule has 37 heavy (non-hydrogen) atoms. The lowest BCUT2D eigenvalue weighted by Crippen LogP contribution is -2.42. The Bertz CT molecular complexity index is 1040. The Morgan fingerprint density at radius 1 is 0.838 bits per heavy atom. The molecule has 2 aromatic carbocycles.